The first-order chi connectivity index (χ1) is 14.2. The van der Waals surface area contributed by atoms with Gasteiger partial charge in [0.05, 0.1) is 24.2 Å². The van der Waals surface area contributed by atoms with Crippen molar-refractivity contribution in [2.75, 3.05) is 31.2 Å². The molecule has 2 aromatic heterocycles. The van der Waals surface area contributed by atoms with Gasteiger partial charge in [0.25, 0.3) is 0 Å². The Hall–Kier alpha value is -2.39. The van der Waals surface area contributed by atoms with Crippen LogP contribution in [0.25, 0.3) is 5.69 Å². The summed E-state index contributed by atoms with van der Waals surface area (Å²) in [7, 11) is 0. The number of morpholine rings is 1. The van der Waals surface area contributed by atoms with Gasteiger partial charge in [0.15, 0.2) is 11.0 Å². The summed E-state index contributed by atoms with van der Waals surface area (Å²) in [5.74, 6) is 2.21. The van der Waals surface area contributed by atoms with Crippen molar-refractivity contribution in [3.8, 4) is 5.69 Å². The number of hydrogen-bond donors (Lipinski definition) is 0. The highest BCUT2D eigenvalue weighted by Crippen LogP contribution is 2.36. The maximum atomic E-state index is 5.51. The van der Waals surface area contributed by atoms with E-state index in [9.17, 15) is 0 Å². The second kappa shape index (κ2) is 8.96. The van der Waals surface area contributed by atoms with E-state index in [1.54, 1.807) is 11.8 Å². The second-order valence-corrected chi connectivity index (χ2v) is 8.42. The normalized spacial score (nSPS) is 15.6. The molecule has 1 aromatic carbocycles. The zero-order chi connectivity index (χ0) is 20.2. The molecule has 1 aliphatic heterocycles. The first-order valence-electron chi connectivity index (χ1n) is 10.00. The van der Waals surface area contributed by atoms with Crippen molar-refractivity contribution < 1.29 is 9.26 Å². The molecule has 3 aromatic rings. The van der Waals surface area contributed by atoms with E-state index in [1.165, 1.54) is 5.56 Å². The fourth-order valence-corrected chi connectivity index (χ4v) is 4.16. The fourth-order valence-electron chi connectivity index (χ4n) is 3.27. The number of aromatic nitrogens is 5. The minimum absolute atomic E-state index is 0.0293. The van der Waals surface area contributed by atoms with Crippen molar-refractivity contribution in [2.24, 2.45) is 0 Å². The minimum atomic E-state index is -0.0293. The van der Waals surface area contributed by atoms with Gasteiger partial charge in [0, 0.05) is 19.5 Å². The average molecular weight is 415 g/mol. The molecule has 4 rings (SSSR count). The molecule has 9 heteroatoms. The first-order valence-corrected chi connectivity index (χ1v) is 10.9. The Kier molecular flexibility index (Phi) is 6.15. The second-order valence-electron chi connectivity index (χ2n) is 7.12. The van der Waals surface area contributed by atoms with E-state index in [1.807, 2.05) is 0 Å². The van der Waals surface area contributed by atoms with Gasteiger partial charge in [-0.3, -0.25) is 4.57 Å². The third-order valence-electron chi connectivity index (χ3n) is 4.76. The molecule has 1 atom stereocenters. The van der Waals surface area contributed by atoms with Crippen molar-refractivity contribution in [1.29, 1.82) is 0 Å². The Morgan fingerprint density at radius 3 is 2.79 bits per heavy atom. The fraction of sp³-hybridized carbons (Fsp3) is 0.500. The van der Waals surface area contributed by atoms with Crippen molar-refractivity contribution in [2.45, 2.75) is 44.0 Å². The topological polar surface area (TPSA) is 82.1 Å². The zero-order valence-electron chi connectivity index (χ0n) is 17.0. The maximum absolute atomic E-state index is 5.51. The Bertz CT molecular complexity index is 950. The number of anilines is 1. The molecule has 0 aliphatic carbocycles. The van der Waals surface area contributed by atoms with E-state index >= 15 is 0 Å². The first kappa shape index (κ1) is 19.9. The lowest BCUT2D eigenvalue weighted by Crippen LogP contribution is -2.37. The molecular weight excluding hydrogens is 388 g/mol. The van der Waals surface area contributed by atoms with Gasteiger partial charge >= 0.3 is 0 Å². The van der Waals surface area contributed by atoms with Crippen LogP contribution in [0.3, 0.4) is 0 Å². The molecule has 0 N–H and O–H groups in total. The van der Waals surface area contributed by atoms with Crippen LogP contribution in [0.1, 0.15) is 42.8 Å². The van der Waals surface area contributed by atoms with Crippen molar-refractivity contribution in [3.05, 3.63) is 41.5 Å². The standard InChI is InChI=1S/C20H26N6O2S/c1-4-6-17-21-18(28-24-17)15(3)29-20-23-22-19(25-9-11-27-12-10-25)26(20)16-8-5-7-14(2)13-16/h5,7-8,13,15H,4,6,9-12H2,1-3H3/t15-/m0/s1. The van der Waals surface area contributed by atoms with Crippen LogP contribution >= 0.6 is 11.8 Å². The van der Waals surface area contributed by atoms with Gasteiger partial charge in [0.2, 0.25) is 11.8 Å². The molecule has 1 saturated heterocycles. The number of nitrogens with zero attached hydrogens (tertiary/aromatic N) is 6. The Labute approximate surface area is 174 Å². The molecule has 0 bridgehead atoms. The van der Waals surface area contributed by atoms with Crippen LogP contribution in [-0.4, -0.2) is 51.2 Å². The van der Waals surface area contributed by atoms with Gasteiger partial charge in [-0.15, -0.1) is 10.2 Å². The molecule has 1 fully saturated rings. The third kappa shape index (κ3) is 4.45. The summed E-state index contributed by atoms with van der Waals surface area (Å²) in [6.07, 6.45) is 1.81. The highest BCUT2D eigenvalue weighted by atomic mass is 32.2. The summed E-state index contributed by atoms with van der Waals surface area (Å²) in [6.45, 7) is 9.24. The summed E-state index contributed by atoms with van der Waals surface area (Å²) in [6, 6.07) is 8.38. The predicted octanol–water partition coefficient (Wildman–Crippen LogP) is 3.60. The highest BCUT2D eigenvalue weighted by molar-refractivity contribution is 7.99. The molecule has 29 heavy (non-hydrogen) atoms. The molecule has 8 nitrogen and oxygen atoms in total. The van der Waals surface area contributed by atoms with Crippen molar-refractivity contribution in [3.63, 3.8) is 0 Å². The largest absolute Gasteiger partial charge is 0.378 e. The smallest absolute Gasteiger partial charge is 0.239 e. The van der Waals surface area contributed by atoms with Crippen LogP contribution in [0.2, 0.25) is 0 Å². The van der Waals surface area contributed by atoms with E-state index in [0.717, 1.165) is 48.5 Å². The van der Waals surface area contributed by atoms with Gasteiger partial charge in [-0.2, -0.15) is 4.98 Å². The Morgan fingerprint density at radius 2 is 2.03 bits per heavy atom. The summed E-state index contributed by atoms with van der Waals surface area (Å²) in [4.78, 5) is 6.75. The van der Waals surface area contributed by atoms with Gasteiger partial charge < -0.3 is 14.2 Å². The van der Waals surface area contributed by atoms with Crippen LogP contribution in [0, 0.1) is 6.92 Å². The molecule has 0 amide bonds. The van der Waals surface area contributed by atoms with Crippen LogP contribution < -0.4 is 4.90 Å². The summed E-state index contributed by atoms with van der Waals surface area (Å²) < 4.78 is 13.1. The molecular formula is C20H26N6O2S. The van der Waals surface area contributed by atoms with Gasteiger partial charge in [-0.1, -0.05) is 36.0 Å². The Morgan fingerprint density at radius 1 is 1.21 bits per heavy atom. The van der Waals surface area contributed by atoms with Crippen LogP contribution in [-0.2, 0) is 11.2 Å². The lowest BCUT2D eigenvalue weighted by Gasteiger charge is -2.28. The van der Waals surface area contributed by atoms with Crippen molar-refractivity contribution >= 4 is 17.7 Å². The summed E-state index contributed by atoms with van der Waals surface area (Å²) in [5.41, 5.74) is 2.23. The monoisotopic (exact) mass is 414 g/mol. The molecule has 0 spiro atoms. The van der Waals surface area contributed by atoms with Gasteiger partial charge in [0.1, 0.15) is 0 Å². The van der Waals surface area contributed by atoms with E-state index < -0.39 is 0 Å². The van der Waals surface area contributed by atoms with Gasteiger partial charge in [-0.05, 0) is 38.0 Å². The quantitative estimate of drug-likeness (QED) is 0.543. The van der Waals surface area contributed by atoms with E-state index in [4.69, 9.17) is 9.26 Å². The average Bonchev–Trinajstić information content (AvgIpc) is 3.36. The summed E-state index contributed by atoms with van der Waals surface area (Å²) >= 11 is 1.58. The van der Waals surface area contributed by atoms with E-state index in [0.29, 0.717) is 19.1 Å². The number of rotatable bonds is 7. The predicted molar refractivity (Wildman–Crippen MR) is 112 cm³/mol. The number of benzene rings is 1. The molecule has 3 heterocycles. The third-order valence-corrected chi connectivity index (χ3v) is 5.79. The van der Waals surface area contributed by atoms with E-state index in [2.05, 4.69) is 74.8 Å². The number of aryl methyl sites for hydroxylation is 2. The van der Waals surface area contributed by atoms with E-state index in [-0.39, 0.29) is 5.25 Å². The Balaban J connectivity index is 1.66. The van der Waals surface area contributed by atoms with Crippen LogP contribution in [0.15, 0.2) is 33.9 Å². The minimum Gasteiger partial charge on any atom is -0.378 e. The molecule has 0 saturated carbocycles. The van der Waals surface area contributed by atoms with Crippen molar-refractivity contribution in [1.82, 2.24) is 24.9 Å². The zero-order valence-corrected chi connectivity index (χ0v) is 17.9. The number of ether oxygens (including phenoxy) is 1. The van der Waals surface area contributed by atoms with Crippen LogP contribution in [0.4, 0.5) is 5.95 Å². The number of thioether (sulfide) groups is 1. The highest BCUT2D eigenvalue weighted by Gasteiger charge is 2.25. The van der Waals surface area contributed by atoms with Crippen LogP contribution in [0.5, 0.6) is 0 Å². The lowest BCUT2D eigenvalue weighted by molar-refractivity contribution is 0.122. The SMILES string of the molecule is CCCc1noc([C@H](C)Sc2nnc(N3CCOCC3)n2-c2cccc(C)c2)n1. The number of hydrogen-bond acceptors (Lipinski definition) is 8. The van der Waals surface area contributed by atoms with Gasteiger partial charge in [-0.25, -0.2) is 0 Å². The lowest BCUT2D eigenvalue weighted by atomic mass is 10.2. The molecule has 0 unspecified atom stereocenters. The molecule has 154 valence electrons. The molecule has 0 radical (unpaired) electrons. The molecule has 1 aliphatic rings. The maximum Gasteiger partial charge on any atom is 0.239 e. The summed E-state index contributed by atoms with van der Waals surface area (Å²) in [5, 5.41) is 13.9.